The van der Waals surface area contributed by atoms with Crippen LogP contribution in [0, 0.1) is 11.8 Å². The molecule has 0 spiro atoms. The highest BCUT2D eigenvalue weighted by Gasteiger charge is 2.32. The molecular formula is C13H23FO2. The largest absolute Gasteiger partial charge is 0.429 e. The van der Waals surface area contributed by atoms with Gasteiger partial charge < -0.3 is 4.74 Å². The predicted octanol–water partition coefficient (Wildman–Crippen LogP) is 3.84. The number of hydrogen-bond acceptors (Lipinski definition) is 2. The topological polar surface area (TPSA) is 26.3 Å². The van der Waals surface area contributed by atoms with Crippen molar-refractivity contribution in [3.05, 3.63) is 0 Å². The molecule has 0 aromatic heterocycles. The zero-order chi connectivity index (χ0) is 12.2. The Hall–Kier alpha value is -0.600. The van der Waals surface area contributed by atoms with Crippen LogP contribution >= 0.6 is 0 Å². The van der Waals surface area contributed by atoms with Gasteiger partial charge in [0.15, 0.2) is 0 Å². The van der Waals surface area contributed by atoms with E-state index in [4.69, 9.17) is 4.74 Å². The summed E-state index contributed by atoms with van der Waals surface area (Å²) in [4.78, 5) is 11.3. The number of alkyl halides is 1. The van der Waals surface area contributed by atoms with Gasteiger partial charge in [-0.15, -0.1) is 0 Å². The average Bonchev–Trinajstić information content (AvgIpc) is 2.17. The monoisotopic (exact) mass is 230 g/mol. The molecule has 1 saturated carbocycles. The molecule has 0 bridgehead atoms. The van der Waals surface area contributed by atoms with Gasteiger partial charge in [0.2, 0.25) is 5.85 Å². The molecule has 0 N–H and O–H groups in total. The molecule has 1 unspecified atom stereocenters. The maximum atomic E-state index is 14.0. The number of rotatable bonds is 4. The van der Waals surface area contributed by atoms with Crippen molar-refractivity contribution in [2.45, 2.75) is 65.2 Å². The molecule has 1 rings (SSSR count). The third kappa shape index (κ3) is 4.50. The summed E-state index contributed by atoms with van der Waals surface area (Å²) in [6, 6.07) is 0. The molecule has 0 amide bonds. The summed E-state index contributed by atoms with van der Waals surface area (Å²) in [5.74, 6) is -2.12. The Bertz CT molecular complexity index is 230. The highest BCUT2D eigenvalue weighted by molar-refractivity contribution is 5.71. The Morgan fingerprint density at radius 2 is 1.94 bits per heavy atom. The molecule has 1 aliphatic rings. The quantitative estimate of drug-likeness (QED) is 0.686. The van der Waals surface area contributed by atoms with E-state index >= 15 is 0 Å². The molecule has 0 aliphatic heterocycles. The van der Waals surface area contributed by atoms with Crippen LogP contribution in [0.15, 0.2) is 0 Å². The van der Waals surface area contributed by atoms with Crippen molar-refractivity contribution < 1.29 is 13.9 Å². The minimum absolute atomic E-state index is 0.263. The van der Waals surface area contributed by atoms with Crippen LogP contribution in [0.1, 0.15) is 59.3 Å². The molecule has 0 aromatic carbocycles. The summed E-state index contributed by atoms with van der Waals surface area (Å²) < 4.78 is 18.9. The Morgan fingerprint density at radius 1 is 1.38 bits per heavy atom. The van der Waals surface area contributed by atoms with Gasteiger partial charge in [0, 0.05) is 13.3 Å². The Morgan fingerprint density at radius 3 is 2.44 bits per heavy atom. The fourth-order valence-electron chi connectivity index (χ4n) is 2.28. The van der Waals surface area contributed by atoms with Crippen molar-refractivity contribution in [2.24, 2.45) is 11.8 Å². The molecule has 94 valence electrons. The molecule has 0 aromatic rings. The van der Waals surface area contributed by atoms with E-state index in [1.54, 1.807) is 13.8 Å². The van der Waals surface area contributed by atoms with E-state index in [-0.39, 0.29) is 5.92 Å². The van der Waals surface area contributed by atoms with E-state index in [9.17, 15) is 9.18 Å². The molecule has 0 radical (unpaired) electrons. The molecule has 0 saturated heterocycles. The van der Waals surface area contributed by atoms with Gasteiger partial charge in [-0.1, -0.05) is 46.0 Å². The summed E-state index contributed by atoms with van der Waals surface area (Å²) in [7, 11) is 0. The third-order valence-electron chi connectivity index (χ3n) is 3.16. The summed E-state index contributed by atoms with van der Waals surface area (Å²) in [6.45, 7) is 4.82. The summed E-state index contributed by atoms with van der Waals surface area (Å²) >= 11 is 0. The van der Waals surface area contributed by atoms with Gasteiger partial charge in [-0.3, -0.25) is 4.79 Å². The van der Waals surface area contributed by atoms with Crippen LogP contribution in [0.5, 0.6) is 0 Å². The lowest BCUT2D eigenvalue weighted by molar-refractivity contribution is -0.186. The van der Waals surface area contributed by atoms with Crippen LogP contribution in [0.4, 0.5) is 4.39 Å². The number of halogens is 1. The second kappa shape index (κ2) is 5.65. The van der Waals surface area contributed by atoms with Crippen molar-refractivity contribution in [1.82, 2.24) is 0 Å². The molecule has 2 nitrogen and oxygen atoms in total. The highest BCUT2D eigenvalue weighted by Crippen LogP contribution is 2.33. The standard InChI is InChI=1S/C13H23FO2/c1-10(2)12(15)16-13(3,14)9-11-7-5-4-6-8-11/h10-11H,4-9H2,1-3H3. The fraction of sp³-hybridized carbons (Fsp3) is 0.923. The van der Waals surface area contributed by atoms with Crippen molar-refractivity contribution in [3.8, 4) is 0 Å². The number of hydrogen-bond donors (Lipinski definition) is 0. The zero-order valence-corrected chi connectivity index (χ0v) is 10.6. The minimum Gasteiger partial charge on any atom is -0.429 e. The molecule has 1 atom stereocenters. The van der Waals surface area contributed by atoms with Crippen LogP contribution in [0.3, 0.4) is 0 Å². The average molecular weight is 230 g/mol. The van der Waals surface area contributed by atoms with Gasteiger partial charge in [-0.2, -0.15) is 4.39 Å². The third-order valence-corrected chi connectivity index (χ3v) is 3.16. The normalized spacial score (nSPS) is 21.8. The van der Waals surface area contributed by atoms with E-state index in [1.165, 1.54) is 26.2 Å². The second-order valence-electron chi connectivity index (χ2n) is 5.39. The van der Waals surface area contributed by atoms with Crippen molar-refractivity contribution in [3.63, 3.8) is 0 Å². The number of ether oxygens (including phenoxy) is 1. The van der Waals surface area contributed by atoms with Crippen molar-refractivity contribution in [1.29, 1.82) is 0 Å². The zero-order valence-electron chi connectivity index (χ0n) is 10.6. The second-order valence-corrected chi connectivity index (χ2v) is 5.39. The van der Waals surface area contributed by atoms with Crippen LogP contribution in [-0.4, -0.2) is 11.8 Å². The summed E-state index contributed by atoms with van der Waals surface area (Å²) in [5, 5.41) is 0. The van der Waals surface area contributed by atoms with E-state index in [2.05, 4.69) is 0 Å². The maximum absolute atomic E-state index is 14.0. The number of carbonyl (C=O) groups is 1. The highest BCUT2D eigenvalue weighted by atomic mass is 19.2. The molecule has 16 heavy (non-hydrogen) atoms. The first-order valence-corrected chi connectivity index (χ1v) is 6.32. The number of esters is 1. The lowest BCUT2D eigenvalue weighted by Crippen LogP contribution is -2.31. The Balaban J connectivity index is 2.40. The van der Waals surface area contributed by atoms with Crippen molar-refractivity contribution in [2.75, 3.05) is 0 Å². The Labute approximate surface area is 97.6 Å². The molecule has 0 heterocycles. The first-order valence-electron chi connectivity index (χ1n) is 6.32. The van der Waals surface area contributed by atoms with Gasteiger partial charge in [-0.05, 0) is 5.92 Å². The van der Waals surface area contributed by atoms with Crippen molar-refractivity contribution >= 4 is 5.97 Å². The summed E-state index contributed by atoms with van der Waals surface area (Å²) in [6.07, 6.45) is 6.10. The van der Waals surface area contributed by atoms with E-state index in [0.717, 1.165) is 12.8 Å². The van der Waals surface area contributed by atoms with Crippen LogP contribution in [0.25, 0.3) is 0 Å². The minimum atomic E-state index is -1.79. The lowest BCUT2D eigenvalue weighted by atomic mass is 9.85. The van der Waals surface area contributed by atoms with Crippen LogP contribution in [-0.2, 0) is 9.53 Å². The summed E-state index contributed by atoms with van der Waals surface area (Å²) in [5.41, 5.74) is 0. The smallest absolute Gasteiger partial charge is 0.311 e. The Kier molecular flexibility index (Phi) is 4.75. The van der Waals surface area contributed by atoms with Gasteiger partial charge in [0.25, 0.3) is 0 Å². The van der Waals surface area contributed by atoms with Crippen LogP contribution in [0.2, 0.25) is 0 Å². The maximum Gasteiger partial charge on any atom is 0.311 e. The SMILES string of the molecule is CC(C)C(=O)OC(C)(F)CC1CCCCC1. The van der Waals surface area contributed by atoms with Gasteiger partial charge in [0.05, 0.1) is 5.92 Å². The first kappa shape index (κ1) is 13.5. The van der Waals surface area contributed by atoms with Gasteiger partial charge in [-0.25, -0.2) is 0 Å². The molecule has 1 fully saturated rings. The van der Waals surface area contributed by atoms with Gasteiger partial charge in [0.1, 0.15) is 0 Å². The predicted molar refractivity (Wildman–Crippen MR) is 61.6 cm³/mol. The van der Waals surface area contributed by atoms with Crippen LogP contribution < -0.4 is 0 Å². The fourth-order valence-corrected chi connectivity index (χ4v) is 2.28. The molecule has 3 heteroatoms. The lowest BCUT2D eigenvalue weighted by Gasteiger charge is -2.29. The number of carbonyl (C=O) groups excluding carboxylic acids is 1. The van der Waals surface area contributed by atoms with Gasteiger partial charge >= 0.3 is 5.97 Å². The molecular weight excluding hydrogens is 207 g/mol. The van der Waals surface area contributed by atoms with E-state index < -0.39 is 11.8 Å². The molecule has 1 aliphatic carbocycles. The first-order chi connectivity index (χ1) is 7.41. The van der Waals surface area contributed by atoms with E-state index in [1.807, 2.05) is 0 Å². The van der Waals surface area contributed by atoms with E-state index in [0.29, 0.717) is 12.3 Å².